The van der Waals surface area contributed by atoms with E-state index >= 15 is 0 Å². The number of nitrogens with one attached hydrogen (secondary N) is 1. The lowest BCUT2D eigenvalue weighted by molar-refractivity contribution is -0.274. The molecular formula is C22H23F3N4O4. The highest BCUT2D eigenvalue weighted by Crippen LogP contribution is 2.25. The summed E-state index contributed by atoms with van der Waals surface area (Å²) in [6.07, 6.45) is -2.92. The molecule has 1 aliphatic heterocycles. The van der Waals surface area contributed by atoms with Gasteiger partial charge >= 0.3 is 12.5 Å². The van der Waals surface area contributed by atoms with E-state index in [0.717, 1.165) is 0 Å². The maximum Gasteiger partial charge on any atom is 0.573 e. The number of alkyl halides is 3. The number of amides is 1. The molecule has 0 spiro atoms. The quantitative estimate of drug-likeness (QED) is 0.637. The van der Waals surface area contributed by atoms with Gasteiger partial charge in [-0.05, 0) is 44.9 Å². The van der Waals surface area contributed by atoms with Crippen LogP contribution in [0.1, 0.15) is 43.2 Å². The van der Waals surface area contributed by atoms with Gasteiger partial charge in [-0.3, -0.25) is 4.79 Å². The molecule has 1 amide bonds. The summed E-state index contributed by atoms with van der Waals surface area (Å²) >= 11 is 0. The Balaban J connectivity index is 1.60. The average molecular weight is 464 g/mol. The summed E-state index contributed by atoms with van der Waals surface area (Å²) in [5, 5.41) is 4.40. The first kappa shape index (κ1) is 22.7. The van der Waals surface area contributed by atoms with Crippen LogP contribution in [0.2, 0.25) is 0 Å². The molecule has 8 nitrogen and oxygen atoms in total. The van der Waals surface area contributed by atoms with Crippen molar-refractivity contribution in [3.8, 4) is 5.75 Å². The van der Waals surface area contributed by atoms with Gasteiger partial charge < -0.3 is 19.4 Å². The molecule has 0 radical (unpaired) electrons. The molecule has 176 valence electrons. The maximum absolute atomic E-state index is 12.7. The van der Waals surface area contributed by atoms with Crippen molar-refractivity contribution in [2.45, 2.75) is 52.1 Å². The molecule has 33 heavy (non-hydrogen) atoms. The number of halogens is 3. The number of benzene rings is 1. The van der Waals surface area contributed by atoms with E-state index in [1.54, 1.807) is 31.5 Å². The van der Waals surface area contributed by atoms with Crippen LogP contribution in [-0.2, 0) is 24.1 Å². The lowest BCUT2D eigenvalue weighted by Gasteiger charge is -2.30. The molecule has 2 aromatic heterocycles. The van der Waals surface area contributed by atoms with Gasteiger partial charge in [0.05, 0.1) is 18.4 Å². The Kier molecular flexibility index (Phi) is 5.59. The van der Waals surface area contributed by atoms with E-state index in [1.807, 2.05) is 0 Å². The summed E-state index contributed by atoms with van der Waals surface area (Å²) in [5.74, 6) is -0.309. The number of rotatable bonds is 3. The first-order valence-corrected chi connectivity index (χ1v) is 10.3. The lowest BCUT2D eigenvalue weighted by Crippen LogP contribution is -2.42. The van der Waals surface area contributed by atoms with Crippen LogP contribution in [0.25, 0.3) is 5.65 Å². The van der Waals surface area contributed by atoms with Crippen LogP contribution < -0.4 is 10.3 Å². The first-order chi connectivity index (χ1) is 15.4. The Bertz CT molecular complexity index is 1240. The summed E-state index contributed by atoms with van der Waals surface area (Å²) < 4.78 is 48.0. The molecule has 0 aliphatic carbocycles. The van der Waals surface area contributed by atoms with Crippen molar-refractivity contribution in [1.29, 1.82) is 0 Å². The van der Waals surface area contributed by atoms with Crippen molar-refractivity contribution >= 4 is 11.7 Å². The average Bonchev–Trinajstić information content (AvgIpc) is 3.09. The minimum Gasteiger partial charge on any atom is -0.444 e. The minimum absolute atomic E-state index is 0.176. The number of hydrogen-bond acceptors (Lipinski definition) is 5. The topological polar surface area (TPSA) is 88.9 Å². The summed E-state index contributed by atoms with van der Waals surface area (Å²) in [4.78, 5) is 29.6. The Morgan fingerprint density at radius 1 is 1.18 bits per heavy atom. The predicted molar refractivity (Wildman–Crippen MR) is 112 cm³/mol. The zero-order valence-electron chi connectivity index (χ0n) is 18.3. The van der Waals surface area contributed by atoms with Crippen molar-refractivity contribution in [2.24, 2.45) is 0 Å². The van der Waals surface area contributed by atoms with Gasteiger partial charge in [0.2, 0.25) is 0 Å². The molecular weight excluding hydrogens is 441 g/mol. The van der Waals surface area contributed by atoms with Crippen LogP contribution in [-0.4, -0.2) is 44.1 Å². The van der Waals surface area contributed by atoms with Gasteiger partial charge in [-0.15, -0.1) is 13.2 Å². The number of H-pyrrole nitrogens is 1. The standard InChI is InChI=1S/C22H23F3N4O4/c1-21(2,3)33-20(31)28-9-8-16-17(12-28)29-18(27-19(16)30)14(11-26-29)10-13-4-6-15(7-5-13)32-22(23,24)25/h4-7,11H,8-10,12H2,1-3H3,(H,27,30). The number of hydrogen-bond donors (Lipinski definition) is 1. The molecule has 0 fully saturated rings. The fourth-order valence-electron chi connectivity index (χ4n) is 3.73. The highest BCUT2D eigenvalue weighted by Gasteiger charge is 2.31. The second-order valence-electron chi connectivity index (χ2n) is 8.83. The number of aromatic amines is 1. The summed E-state index contributed by atoms with van der Waals surface area (Å²) in [6, 6.07) is 5.51. The van der Waals surface area contributed by atoms with Gasteiger partial charge in [0.1, 0.15) is 17.0 Å². The third-order valence-electron chi connectivity index (χ3n) is 5.13. The normalized spacial score (nSPS) is 14.3. The van der Waals surface area contributed by atoms with Gasteiger partial charge in [0, 0.05) is 24.1 Å². The molecule has 11 heteroatoms. The van der Waals surface area contributed by atoms with E-state index in [9.17, 15) is 22.8 Å². The SMILES string of the molecule is CC(C)(C)OC(=O)N1CCc2c(n3ncc(Cc4ccc(OC(F)(F)F)cc4)c3[nH]c2=O)C1. The molecule has 3 heterocycles. The zero-order chi connectivity index (χ0) is 24.0. The highest BCUT2D eigenvalue weighted by atomic mass is 19.4. The van der Waals surface area contributed by atoms with Crippen molar-refractivity contribution in [3.63, 3.8) is 0 Å². The van der Waals surface area contributed by atoms with Crippen LogP contribution in [0.5, 0.6) is 5.75 Å². The van der Waals surface area contributed by atoms with Crippen molar-refractivity contribution < 1.29 is 27.4 Å². The number of carbonyl (C=O) groups is 1. The zero-order valence-corrected chi connectivity index (χ0v) is 18.3. The molecule has 0 atom stereocenters. The fourth-order valence-corrected chi connectivity index (χ4v) is 3.73. The molecule has 0 saturated heterocycles. The molecule has 0 saturated carbocycles. The number of nitrogens with zero attached hydrogens (tertiary/aromatic N) is 3. The van der Waals surface area contributed by atoms with Crippen LogP contribution in [0.4, 0.5) is 18.0 Å². The molecule has 3 aromatic rings. The van der Waals surface area contributed by atoms with Gasteiger partial charge in [0.25, 0.3) is 5.56 Å². The summed E-state index contributed by atoms with van der Waals surface area (Å²) in [6.45, 7) is 5.89. The van der Waals surface area contributed by atoms with Gasteiger partial charge in [-0.2, -0.15) is 5.10 Å². The van der Waals surface area contributed by atoms with Crippen LogP contribution in [0.15, 0.2) is 35.3 Å². The van der Waals surface area contributed by atoms with Crippen molar-refractivity contribution in [2.75, 3.05) is 6.54 Å². The number of fused-ring (bicyclic) bond motifs is 3. The smallest absolute Gasteiger partial charge is 0.444 e. The Morgan fingerprint density at radius 2 is 1.88 bits per heavy atom. The predicted octanol–water partition coefficient (Wildman–Crippen LogP) is 3.81. The molecule has 0 bridgehead atoms. The highest BCUT2D eigenvalue weighted by molar-refractivity contribution is 5.68. The monoisotopic (exact) mass is 464 g/mol. The Morgan fingerprint density at radius 3 is 2.52 bits per heavy atom. The third-order valence-corrected chi connectivity index (χ3v) is 5.13. The Hall–Kier alpha value is -3.50. The first-order valence-electron chi connectivity index (χ1n) is 10.3. The number of carbonyl (C=O) groups excluding carboxylic acids is 1. The van der Waals surface area contributed by atoms with E-state index < -0.39 is 18.1 Å². The van der Waals surface area contributed by atoms with E-state index in [2.05, 4.69) is 14.8 Å². The molecule has 1 aliphatic rings. The molecule has 0 unspecified atom stereocenters. The van der Waals surface area contributed by atoms with Crippen molar-refractivity contribution in [1.82, 2.24) is 19.5 Å². The van der Waals surface area contributed by atoms with Crippen molar-refractivity contribution in [3.05, 3.63) is 63.2 Å². The van der Waals surface area contributed by atoms with Gasteiger partial charge in [0.15, 0.2) is 0 Å². The third kappa shape index (κ3) is 5.12. The minimum atomic E-state index is -4.75. The molecule has 4 rings (SSSR count). The van der Waals surface area contributed by atoms with E-state index in [4.69, 9.17) is 4.74 Å². The van der Waals surface area contributed by atoms with Crippen LogP contribution in [0.3, 0.4) is 0 Å². The number of aromatic nitrogens is 3. The summed E-state index contributed by atoms with van der Waals surface area (Å²) in [5.41, 5.74) is 2.15. The van der Waals surface area contributed by atoms with Crippen LogP contribution >= 0.6 is 0 Å². The molecule has 1 aromatic carbocycles. The van der Waals surface area contributed by atoms with E-state index in [0.29, 0.717) is 47.4 Å². The second-order valence-corrected chi connectivity index (χ2v) is 8.83. The maximum atomic E-state index is 12.7. The largest absolute Gasteiger partial charge is 0.573 e. The Labute approximate surface area is 186 Å². The molecule has 1 N–H and O–H groups in total. The second kappa shape index (κ2) is 8.13. The van der Waals surface area contributed by atoms with Crippen LogP contribution in [0, 0.1) is 0 Å². The summed E-state index contributed by atoms with van der Waals surface area (Å²) in [7, 11) is 0. The van der Waals surface area contributed by atoms with E-state index in [-0.39, 0.29) is 17.9 Å². The van der Waals surface area contributed by atoms with E-state index in [1.165, 1.54) is 29.2 Å². The fraction of sp³-hybridized carbons (Fsp3) is 0.409. The van der Waals surface area contributed by atoms with Gasteiger partial charge in [-0.25, -0.2) is 9.31 Å². The number of ether oxygens (including phenoxy) is 2. The van der Waals surface area contributed by atoms with Gasteiger partial charge in [-0.1, -0.05) is 12.1 Å². The lowest BCUT2D eigenvalue weighted by atomic mass is 10.1.